The van der Waals surface area contributed by atoms with Crippen LogP contribution in [-0.4, -0.2) is 0 Å². The van der Waals surface area contributed by atoms with Crippen LogP contribution >= 0.6 is 0 Å². The van der Waals surface area contributed by atoms with E-state index >= 15 is 0 Å². The Morgan fingerprint density at radius 1 is 0.950 bits per heavy atom. The van der Waals surface area contributed by atoms with E-state index in [0.717, 1.165) is 18.2 Å². The van der Waals surface area contributed by atoms with E-state index in [2.05, 4.69) is 0 Å². The van der Waals surface area contributed by atoms with Crippen LogP contribution in [0.4, 0.5) is 17.6 Å². The van der Waals surface area contributed by atoms with Gasteiger partial charge in [-0.15, -0.1) is 0 Å². The molecule has 0 radical (unpaired) electrons. The molecule has 5 heteroatoms. The zero-order valence-electron chi connectivity index (χ0n) is 11.0. The van der Waals surface area contributed by atoms with Crippen LogP contribution in [0.5, 0.6) is 0 Å². The first kappa shape index (κ1) is 14.5. The Morgan fingerprint density at radius 2 is 1.50 bits per heavy atom. The first-order valence-electron chi connectivity index (χ1n) is 5.94. The first-order valence-corrected chi connectivity index (χ1v) is 5.94. The van der Waals surface area contributed by atoms with E-state index in [1.54, 1.807) is 0 Å². The number of aryl methyl sites for hydroxylation is 1. The first-order chi connectivity index (χ1) is 9.23. The van der Waals surface area contributed by atoms with Crippen LogP contribution in [0, 0.1) is 30.2 Å². The van der Waals surface area contributed by atoms with Gasteiger partial charge in [0.15, 0.2) is 0 Å². The molecule has 0 aromatic heterocycles. The largest absolute Gasteiger partial charge is 0.318 e. The van der Waals surface area contributed by atoms with Gasteiger partial charge >= 0.3 is 0 Å². The monoisotopic (exact) mass is 283 g/mol. The highest BCUT2D eigenvalue weighted by Gasteiger charge is 2.32. The summed E-state index contributed by atoms with van der Waals surface area (Å²) >= 11 is 0. The lowest BCUT2D eigenvalue weighted by Gasteiger charge is -2.27. The smallest absolute Gasteiger partial charge is 0.134 e. The van der Waals surface area contributed by atoms with E-state index in [1.807, 2.05) is 0 Å². The molecule has 2 aromatic rings. The molecular weight excluding hydrogens is 270 g/mol. The number of nitrogens with two attached hydrogens (primary N) is 1. The number of rotatable bonds is 2. The van der Waals surface area contributed by atoms with Crippen molar-refractivity contribution in [1.82, 2.24) is 0 Å². The average molecular weight is 283 g/mol. The van der Waals surface area contributed by atoms with E-state index in [0.29, 0.717) is 6.07 Å². The SMILES string of the molecule is Cc1ccc(F)c(C(C)(N)c2cc(F)cc(F)c2)c1F. The zero-order chi connectivity index (χ0) is 15.1. The summed E-state index contributed by atoms with van der Waals surface area (Å²) in [5.41, 5.74) is 4.01. The molecule has 0 bridgehead atoms. The van der Waals surface area contributed by atoms with E-state index < -0.39 is 34.4 Å². The molecule has 0 fully saturated rings. The van der Waals surface area contributed by atoms with Crippen molar-refractivity contribution in [3.8, 4) is 0 Å². The summed E-state index contributed by atoms with van der Waals surface area (Å²) in [4.78, 5) is 0. The number of hydrogen-bond acceptors (Lipinski definition) is 1. The minimum atomic E-state index is -1.69. The lowest BCUT2D eigenvalue weighted by Crippen LogP contribution is -2.37. The van der Waals surface area contributed by atoms with Crippen molar-refractivity contribution < 1.29 is 17.6 Å². The van der Waals surface area contributed by atoms with Crippen molar-refractivity contribution in [1.29, 1.82) is 0 Å². The summed E-state index contributed by atoms with van der Waals surface area (Å²) in [6.07, 6.45) is 0. The number of hydrogen-bond donors (Lipinski definition) is 1. The molecule has 20 heavy (non-hydrogen) atoms. The normalized spacial score (nSPS) is 14.2. The van der Waals surface area contributed by atoms with Gasteiger partial charge in [-0.1, -0.05) is 6.07 Å². The van der Waals surface area contributed by atoms with Gasteiger partial charge in [0.2, 0.25) is 0 Å². The van der Waals surface area contributed by atoms with Crippen molar-refractivity contribution in [3.05, 3.63) is 70.3 Å². The van der Waals surface area contributed by atoms with Gasteiger partial charge in [-0.3, -0.25) is 0 Å². The van der Waals surface area contributed by atoms with E-state index in [4.69, 9.17) is 5.73 Å². The third kappa shape index (κ3) is 2.41. The molecule has 0 aliphatic rings. The molecule has 0 spiro atoms. The van der Waals surface area contributed by atoms with Crippen LogP contribution in [0.15, 0.2) is 30.3 Å². The summed E-state index contributed by atoms with van der Waals surface area (Å²) in [6, 6.07) is 4.95. The van der Waals surface area contributed by atoms with Gasteiger partial charge in [0.1, 0.15) is 23.3 Å². The molecule has 2 N–H and O–H groups in total. The molecule has 1 atom stereocenters. The van der Waals surface area contributed by atoms with Crippen molar-refractivity contribution in [2.75, 3.05) is 0 Å². The Balaban J connectivity index is 2.69. The van der Waals surface area contributed by atoms with Gasteiger partial charge in [0.05, 0.1) is 5.54 Å². The summed E-state index contributed by atoms with van der Waals surface area (Å²) in [6.45, 7) is 2.77. The molecular formula is C15H13F4N. The Kier molecular flexibility index (Phi) is 3.56. The quantitative estimate of drug-likeness (QED) is 0.834. The maximum Gasteiger partial charge on any atom is 0.134 e. The Hall–Kier alpha value is -1.88. The van der Waals surface area contributed by atoms with Gasteiger partial charge in [-0.25, -0.2) is 17.6 Å². The average Bonchev–Trinajstić information content (AvgIpc) is 2.33. The molecule has 0 heterocycles. The van der Waals surface area contributed by atoms with Crippen molar-refractivity contribution in [3.63, 3.8) is 0 Å². The fraction of sp³-hybridized carbons (Fsp3) is 0.200. The summed E-state index contributed by atoms with van der Waals surface area (Å²) < 4.78 is 54.6. The Bertz CT molecular complexity index is 645. The third-order valence-electron chi connectivity index (χ3n) is 3.27. The predicted molar refractivity (Wildman–Crippen MR) is 68.1 cm³/mol. The van der Waals surface area contributed by atoms with Crippen LogP contribution in [-0.2, 0) is 5.54 Å². The van der Waals surface area contributed by atoms with E-state index in [-0.39, 0.29) is 11.1 Å². The molecule has 2 rings (SSSR count). The van der Waals surface area contributed by atoms with Gasteiger partial charge in [-0.05, 0) is 43.2 Å². The number of benzene rings is 2. The zero-order valence-corrected chi connectivity index (χ0v) is 11.0. The predicted octanol–water partition coefficient (Wildman–Crippen LogP) is 3.77. The van der Waals surface area contributed by atoms with Crippen LogP contribution in [0.1, 0.15) is 23.6 Å². The molecule has 0 saturated heterocycles. The highest BCUT2D eigenvalue weighted by Crippen LogP contribution is 2.32. The number of halogens is 4. The fourth-order valence-electron chi connectivity index (χ4n) is 2.13. The second-order valence-electron chi connectivity index (χ2n) is 4.91. The van der Waals surface area contributed by atoms with Crippen LogP contribution in [0.3, 0.4) is 0 Å². The summed E-state index contributed by atoms with van der Waals surface area (Å²) in [5, 5.41) is 0. The molecule has 0 aliphatic carbocycles. The standard InChI is InChI=1S/C15H13F4N/c1-8-3-4-12(18)13(14(8)19)15(2,20)9-5-10(16)7-11(17)6-9/h3-7H,20H2,1-2H3. The highest BCUT2D eigenvalue weighted by molar-refractivity contribution is 5.41. The molecule has 0 saturated carbocycles. The maximum atomic E-state index is 14.1. The van der Waals surface area contributed by atoms with Crippen LogP contribution in [0.2, 0.25) is 0 Å². The molecule has 1 unspecified atom stereocenters. The Labute approximate surface area is 114 Å². The minimum Gasteiger partial charge on any atom is -0.318 e. The van der Waals surface area contributed by atoms with E-state index in [9.17, 15) is 17.6 Å². The van der Waals surface area contributed by atoms with Crippen LogP contribution in [0.25, 0.3) is 0 Å². The molecule has 0 aliphatic heterocycles. The fourth-order valence-corrected chi connectivity index (χ4v) is 2.13. The van der Waals surface area contributed by atoms with Gasteiger partial charge in [0.25, 0.3) is 0 Å². The van der Waals surface area contributed by atoms with Crippen molar-refractivity contribution in [2.24, 2.45) is 5.73 Å². The minimum absolute atomic E-state index is 0.0431. The van der Waals surface area contributed by atoms with Gasteiger partial charge in [-0.2, -0.15) is 0 Å². The third-order valence-corrected chi connectivity index (χ3v) is 3.27. The molecule has 0 amide bonds. The second-order valence-corrected chi connectivity index (χ2v) is 4.91. The molecule has 1 nitrogen and oxygen atoms in total. The maximum absolute atomic E-state index is 14.1. The van der Waals surface area contributed by atoms with Crippen molar-refractivity contribution in [2.45, 2.75) is 19.4 Å². The summed E-state index contributed by atoms with van der Waals surface area (Å²) in [5.74, 6) is -3.39. The summed E-state index contributed by atoms with van der Waals surface area (Å²) in [7, 11) is 0. The van der Waals surface area contributed by atoms with Gasteiger partial charge < -0.3 is 5.73 Å². The Morgan fingerprint density at radius 3 is 2.05 bits per heavy atom. The van der Waals surface area contributed by atoms with E-state index in [1.165, 1.54) is 19.9 Å². The van der Waals surface area contributed by atoms with Crippen molar-refractivity contribution >= 4 is 0 Å². The second kappa shape index (κ2) is 4.90. The lowest BCUT2D eigenvalue weighted by atomic mass is 9.84. The molecule has 106 valence electrons. The molecule has 2 aromatic carbocycles. The lowest BCUT2D eigenvalue weighted by molar-refractivity contribution is 0.472. The van der Waals surface area contributed by atoms with Crippen LogP contribution < -0.4 is 5.73 Å². The van der Waals surface area contributed by atoms with Gasteiger partial charge in [0, 0.05) is 11.6 Å². The highest BCUT2D eigenvalue weighted by atomic mass is 19.1. The topological polar surface area (TPSA) is 26.0 Å².